The number of urea groups is 1. The molecule has 8 nitrogen and oxygen atoms in total. The van der Waals surface area contributed by atoms with Gasteiger partial charge >= 0.3 is 12.0 Å². The third kappa shape index (κ3) is 4.67. The Labute approximate surface area is 177 Å². The van der Waals surface area contributed by atoms with E-state index in [0.29, 0.717) is 24.4 Å². The van der Waals surface area contributed by atoms with E-state index in [1.165, 1.54) is 10.4 Å². The van der Waals surface area contributed by atoms with Crippen molar-refractivity contribution in [2.75, 3.05) is 19.7 Å². The molecule has 9 heteroatoms. The van der Waals surface area contributed by atoms with Crippen molar-refractivity contribution in [3.05, 3.63) is 41.1 Å². The van der Waals surface area contributed by atoms with Crippen molar-refractivity contribution >= 4 is 22.0 Å². The van der Waals surface area contributed by atoms with Gasteiger partial charge in [0.1, 0.15) is 0 Å². The molecule has 2 heterocycles. The van der Waals surface area contributed by atoms with Gasteiger partial charge in [0.15, 0.2) is 0 Å². The van der Waals surface area contributed by atoms with Gasteiger partial charge in [-0.05, 0) is 37.3 Å². The summed E-state index contributed by atoms with van der Waals surface area (Å²) in [6.07, 6.45) is 2.64. The van der Waals surface area contributed by atoms with Crippen LogP contribution >= 0.6 is 0 Å². The third-order valence-electron chi connectivity index (χ3n) is 5.20. The van der Waals surface area contributed by atoms with Crippen molar-refractivity contribution in [2.24, 2.45) is 5.92 Å². The first kappa shape index (κ1) is 22.3. The molecule has 0 radical (unpaired) electrons. The average Bonchev–Trinajstić information content (AvgIpc) is 2.72. The zero-order valence-electron chi connectivity index (χ0n) is 17.6. The van der Waals surface area contributed by atoms with Gasteiger partial charge in [0, 0.05) is 18.8 Å². The maximum Gasteiger partial charge on any atom is 0.338 e. The SMILES string of the molecule is CC1=C(C(=O)OCC(C)C)C(c2ccccc2S(=O)(=O)N2CCCCC2)NC(=O)N1. The van der Waals surface area contributed by atoms with Crippen molar-refractivity contribution < 1.29 is 22.7 Å². The minimum absolute atomic E-state index is 0.0982. The number of esters is 1. The number of hydrogen-bond donors (Lipinski definition) is 2. The van der Waals surface area contributed by atoms with Crippen LogP contribution in [-0.2, 0) is 19.6 Å². The number of carbonyl (C=O) groups excluding carboxylic acids is 2. The molecule has 30 heavy (non-hydrogen) atoms. The number of hydrogen-bond acceptors (Lipinski definition) is 5. The second kappa shape index (κ2) is 9.18. The van der Waals surface area contributed by atoms with Gasteiger partial charge in [-0.3, -0.25) is 0 Å². The zero-order chi connectivity index (χ0) is 21.9. The van der Waals surface area contributed by atoms with Crippen LogP contribution in [0.15, 0.2) is 40.4 Å². The van der Waals surface area contributed by atoms with Crippen LogP contribution in [0, 0.1) is 5.92 Å². The van der Waals surface area contributed by atoms with Crippen molar-refractivity contribution in [3.63, 3.8) is 0 Å². The molecule has 1 atom stereocenters. The standard InChI is InChI=1S/C21H29N3O5S/c1-14(2)13-29-20(25)18-15(3)22-21(26)23-19(18)16-9-5-6-10-17(16)30(27,28)24-11-7-4-8-12-24/h5-6,9-10,14,19H,4,7-8,11-13H2,1-3H3,(H2,22,23,26). The summed E-state index contributed by atoms with van der Waals surface area (Å²) in [4.78, 5) is 25.1. The number of nitrogens with one attached hydrogen (secondary N) is 2. The molecule has 164 valence electrons. The van der Waals surface area contributed by atoms with Crippen molar-refractivity contribution in [1.29, 1.82) is 0 Å². The van der Waals surface area contributed by atoms with E-state index in [1.54, 1.807) is 25.1 Å². The molecule has 2 N–H and O–H groups in total. The quantitative estimate of drug-likeness (QED) is 0.669. The van der Waals surface area contributed by atoms with E-state index in [-0.39, 0.29) is 23.0 Å². The molecule has 0 aliphatic carbocycles. The minimum atomic E-state index is -3.76. The van der Waals surface area contributed by atoms with Gasteiger partial charge in [0.25, 0.3) is 0 Å². The van der Waals surface area contributed by atoms with Crippen LogP contribution in [0.5, 0.6) is 0 Å². The molecular weight excluding hydrogens is 406 g/mol. The fourth-order valence-electron chi connectivity index (χ4n) is 3.72. The van der Waals surface area contributed by atoms with Crippen LogP contribution in [0.3, 0.4) is 0 Å². The van der Waals surface area contributed by atoms with Gasteiger partial charge in [-0.1, -0.05) is 38.5 Å². The van der Waals surface area contributed by atoms with E-state index in [0.717, 1.165) is 19.3 Å². The normalized spacial score (nSPS) is 20.7. The molecule has 0 bridgehead atoms. The van der Waals surface area contributed by atoms with Crippen molar-refractivity contribution in [3.8, 4) is 0 Å². The zero-order valence-corrected chi connectivity index (χ0v) is 18.4. The number of carbonyl (C=O) groups is 2. The molecule has 1 aromatic rings. The fourth-order valence-corrected chi connectivity index (χ4v) is 5.47. The number of nitrogens with zero attached hydrogens (tertiary/aromatic N) is 1. The predicted molar refractivity (Wildman–Crippen MR) is 112 cm³/mol. The summed E-state index contributed by atoms with van der Waals surface area (Å²) in [5.74, 6) is -0.435. The van der Waals surface area contributed by atoms with Crippen LogP contribution in [-0.4, -0.2) is 44.4 Å². The van der Waals surface area contributed by atoms with E-state index in [9.17, 15) is 18.0 Å². The van der Waals surface area contributed by atoms with Crippen molar-refractivity contribution in [1.82, 2.24) is 14.9 Å². The molecule has 2 aliphatic heterocycles. The monoisotopic (exact) mass is 435 g/mol. The lowest BCUT2D eigenvalue weighted by Gasteiger charge is -2.31. The van der Waals surface area contributed by atoms with Gasteiger partial charge in [0.05, 0.1) is 23.1 Å². The van der Waals surface area contributed by atoms with Crippen LogP contribution in [0.1, 0.15) is 51.6 Å². The lowest BCUT2D eigenvalue weighted by molar-refractivity contribution is -0.140. The Morgan fingerprint density at radius 3 is 2.53 bits per heavy atom. The number of piperidine rings is 1. The largest absolute Gasteiger partial charge is 0.462 e. The number of benzene rings is 1. The van der Waals surface area contributed by atoms with Crippen LogP contribution in [0.4, 0.5) is 4.79 Å². The summed E-state index contributed by atoms with van der Waals surface area (Å²) in [6, 6.07) is 5.09. The number of rotatable bonds is 6. The average molecular weight is 436 g/mol. The minimum Gasteiger partial charge on any atom is -0.462 e. The molecule has 1 fully saturated rings. The van der Waals surface area contributed by atoms with E-state index < -0.39 is 28.1 Å². The van der Waals surface area contributed by atoms with Gasteiger partial charge in [-0.25, -0.2) is 18.0 Å². The highest BCUT2D eigenvalue weighted by Gasteiger charge is 2.37. The van der Waals surface area contributed by atoms with Gasteiger partial charge < -0.3 is 15.4 Å². The first-order chi connectivity index (χ1) is 14.2. The second-order valence-corrected chi connectivity index (χ2v) is 9.97. The fraction of sp³-hybridized carbons (Fsp3) is 0.524. The van der Waals surface area contributed by atoms with Crippen LogP contribution in [0.25, 0.3) is 0 Å². The summed E-state index contributed by atoms with van der Waals surface area (Å²) in [6.45, 7) is 6.62. The maximum atomic E-state index is 13.4. The summed E-state index contributed by atoms with van der Waals surface area (Å²) in [7, 11) is -3.76. The third-order valence-corrected chi connectivity index (χ3v) is 7.17. The molecule has 1 saturated heterocycles. The van der Waals surface area contributed by atoms with Gasteiger partial charge in [0.2, 0.25) is 10.0 Å². The highest BCUT2D eigenvalue weighted by molar-refractivity contribution is 7.89. The number of allylic oxidation sites excluding steroid dienone is 1. The van der Waals surface area contributed by atoms with E-state index in [4.69, 9.17) is 4.74 Å². The first-order valence-corrected chi connectivity index (χ1v) is 11.7. The molecule has 3 rings (SSSR count). The molecule has 2 aliphatic rings. The molecule has 2 amide bonds. The first-order valence-electron chi connectivity index (χ1n) is 10.3. The summed E-state index contributed by atoms with van der Waals surface area (Å²) in [5, 5.41) is 5.29. The van der Waals surface area contributed by atoms with Crippen LogP contribution in [0.2, 0.25) is 0 Å². The smallest absolute Gasteiger partial charge is 0.338 e. The summed E-state index contributed by atoms with van der Waals surface area (Å²) >= 11 is 0. The Kier molecular flexibility index (Phi) is 6.82. The van der Waals surface area contributed by atoms with Crippen LogP contribution < -0.4 is 10.6 Å². The van der Waals surface area contributed by atoms with Gasteiger partial charge in [-0.15, -0.1) is 0 Å². The Hall–Kier alpha value is -2.39. The molecule has 1 aromatic carbocycles. The second-order valence-electron chi connectivity index (χ2n) is 8.07. The molecular formula is C21H29N3O5S. The predicted octanol–water partition coefficient (Wildman–Crippen LogP) is 2.69. The Morgan fingerprint density at radius 1 is 1.20 bits per heavy atom. The topological polar surface area (TPSA) is 105 Å². The maximum absolute atomic E-state index is 13.4. The van der Waals surface area contributed by atoms with E-state index in [2.05, 4.69) is 10.6 Å². The lowest BCUT2D eigenvalue weighted by atomic mass is 9.95. The Balaban J connectivity index is 2.04. The molecule has 0 saturated carbocycles. The highest BCUT2D eigenvalue weighted by Crippen LogP contribution is 2.33. The highest BCUT2D eigenvalue weighted by atomic mass is 32.2. The number of amides is 2. The Morgan fingerprint density at radius 2 is 1.87 bits per heavy atom. The molecule has 0 aromatic heterocycles. The summed E-state index contributed by atoms with van der Waals surface area (Å²) < 4.78 is 33.6. The number of ether oxygens (including phenoxy) is 1. The van der Waals surface area contributed by atoms with Crippen molar-refractivity contribution in [2.45, 2.75) is 51.0 Å². The molecule has 0 spiro atoms. The van der Waals surface area contributed by atoms with E-state index in [1.807, 2.05) is 13.8 Å². The lowest BCUT2D eigenvalue weighted by Crippen LogP contribution is -2.46. The Bertz CT molecular complexity index is 949. The van der Waals surface area contributed by atoms with Gasteiger partial charge in [-0.2, -0.15) is 4.31 Å². The number of sulfonamides is 1. The summed E-state index contributed by atoms with van der Waals surface area (Å²) in [5.41, 5.74) is 0.910. The molecule has 1 unspecified atom stereocenters. The van der Waals surface area contributed by atoms with E-state index >= 15 is 0 Å².